The van der Waals surface area contributed by atoms with E-state index in [9.17, 15) is 4.79 Å². The van der Waals surface area contributed by atoms with E-state index in [2.05, 4.69) is 14.7 Å². The quantitative estimate of drug-likeness (QED) is 0.725. The van der Waals surface area contributed by atoms with Crippen LogP contribution in [-0.2, 0) is 4.79 Å². The third-order valence-electron chi connectivity index (χ3n) is 7.83. The van der Waals surface area contributed by atoms with Crippen molar-refractivity contribution in [2.75, 3.05) is 32.7 Å². The molecule has 4 rings (SSSR count). The molecule has 0 spiro atoms. The van der Waals surface area contributed by atoms with Crippen LogP contribution in [0.5, 0.6) is 0 Å². The Hall–Kier alpha value is -0.610. The second kappa shape index (κ2) is 9.73. The number of piperazine rings is 1. The topological polar surface area (TPSA) is 26.8 Å². The molecule has 0 radical (unpaired) electrons. The summed E-state index contributed by atoms with van der Waals surface area (Å²) in [5.74, 6) is 0.447. The Morgan fingerprint density at radius 1 is 0.667 bits per heavy atom. The summed E-state index contributed by atoms with van der Waals surface area (Å²) in [6.07, 6.45) is 18.6. The van der Waals surface area contributed by atoms with Gasteiger partial charge in [-0.3, -0.25) is 14.6 Å². The van der Waals surface area contributed by atoms with E-state index in [0.717, 1.165) is 19.1 Å². The smallest absolute Gasteiger partial charge is 0.237 e. The molecule has 4 heteroatoms. The van der Waals surface area contributed by atoms with Gasteiger partial charge >= 0.3 is 0 Å². The van der Waals surface area contributed by atoms with Crippen LogP contribution >= 0.6 is 0 Å². The van der Waals surface area contributed by atoms with E-state index in [-0.39, 0.29) is 0 Å². The van der Waals surface area contributed by atoms with Crippen molar-refractivity contribution in [3.8, 4) is 0 Å². The molecule has 4 aliphatic rings. The summed E-state index contributed by atoms with van der Waals surface area (Å²) >= 11 is 0. The molecule has 0 aromatic heterocycles. The lowest BCUT2D eigenvalue weighted by Crippen LogP contribution is -2.55. The monoisotopic (exact) mass is 375 g/mol. The highest BCUT2D eigenvalue weighted by Gasteiger charge is 2.34. The first-order valence-corrected chi connectivity index (χ1v) is 12.1. The molecule has 0 bridgehead atoms. The number of nitrogens with zero attached hydrogens (tertiary/aromatic N) is 3. The molecule has 0 aromatic carbocycles. The number of carbonyl (C=O) groups excluding carboxylic acids is 1. The Bertz CT molecular complexity index is 438. The third kappa shape index (κ3) is 5.06. The summed E-state index contributed by atoms with van der Waals surface area (Å²) in [6.45, 7) is 5.19. The first-order chi connectivity index (χ1) is 13.3. The molecule has 1 heterocycles. The van der Waals surface area contributed by atoms with Crippen LogP contribution in [0.1, 0.15) is 89.9 Å². The van der Waals surface area contributed by atoms with Crippen LogP contribution in [0.4, 0.5) is 0 Å². The van der Waals surface area contributed by atoms with E-state index in [4.69, 9.17) is 0 Å². The Balaban J connectivity index is 1.32. The molecule has 0 atom stereocenters. The lowest BCUT2D eigenvalue weighted by molar-refractivity contribution is -0.139. The van der Waals surface area contributed by atoms with Gasteiger partial charge in [-0.05, 0) is 38.5 Å². The minimum atomic E-state index is 0.447. The fourth-order valence-corrected chi connectivity index (χ4v) is 6.25. The maximum Gasteiger partial charge on any atom is 0.237 e. The molecule has 27 heavy (non-hydrogen) atoms. The van der Waals surface area contributed by atoms with Gasteiger partial charge in [-0.25, -0.2) is 0 Å². The number of hydrogen-bond acceptors (Lipinski definition) is 3. The average Bonchev–Trinajstić information content (AvgIpc) is 3.25. The van der Waals surface area contributed by atoms with Gasteiger partial charge in [0, 0.05) is 44.3 Å². The van der Waals surface area contributed by atoms with Gasteiger partial charge in [-0.1, -0.05) is 51.4 Å². The number of hydrogen-bond donors (Lipinski definition) is 0. The molecule has 0 aromatic rings. The van der Waals surface area contributed by atoms with Crippen LogP contribution in [0.3, 0.4) is 0 Å². The SMILES string of the molecule is O=C(CN1CCN(C2CCCC2)CC1)N(C1CCCCC1)C1CCCCC1. The molecule has 0 unspecified atom stereocenters. The van der Waals surface area contributed by atoms with Crippen molar-refractivity contribution in [1.82, 2.24) is 14.7 Å². The largest absolute Gasteiger partial charge is 0.336 e. The van der Waals surface area contributed by atoms with E-state index in [1.54, 1.807) is 0 Å². The van der Waals surface area contributed by atoms with Crippen LogP contribution in [-0.4, -0.2) is 71.5 Å². The van der Waals surface area contributed by atoms with Crippen LogP contribution in [0.15, 0.2) is 0 Å². The molecular formula is C23H41N3O. The van der Waals surface area contributed by atoms with Crippen LogP contribution in [0.25, 0.3) is 0 Å². The van der Waals surface area contributed by atoms with Crippen LogP contribution in [0, 0.1) is 0 Å². The molecule has 1 amide bonds. The number of rotatable bonds is 5. The molecule has 154 valence electrons. The molecule has 1 saturated heterocycles. The Morgan fingerprint density at radius 2 is 1.15 bits per heavy atom. The average molecular weight is 376 g/mol. The van der Waals surface area contributed by atoms with Gasteiger partial charge in [-0.2, -0.15) is 0 Å². The Kier molecular flexibility index (Phi) is 7.10. The van der Waals surface area contributed by atoms with Crippen molar-refractivity contribution in [2.24, 2.45) is 0 Å². The first-order valence-electron chi connectivity index (χ1n) is 12.1. The highest BCUT2D eigenvalue weighted by Crippen LogP contribution is 2.30. The van der Waals surface area contributed by atoms with E-state index < -0.39 is 0 Å². The maximum atomic E-state index is 13.4. The third-order valence-corrected chi connectivity index (χ3v) is 7.83. The zero-order valence-electron chi connectivity index (χ0n) is 17.4. The summed E-state index contributed by atoms with van der Waals surface area (Å²) in [6, 6.07) is 1.91. The van der Waals surface area contributed by atoms with Gasteiger partial charge in [0.2, 0.25) is 5.91 Å². The summed E-state index contributed by atoms with van der Waals surface area (Å²) in [5, 5.41) is 0. The van der Waals surface area contributed by atoms with Gasteiger partial charge in [0.25, 0.3) is 0 Å². The van der Waals surface area contributed by atoms with Gasteiger partial charge in [0.1, 0.15) is 0 Å². The zero-order valence-corrected chi connectivity index (χ0v) is 17.4. The normalized spacial score (nSPS) is 27.9. The van der Waals surface area contributed by atoms with Crippen molar-refractivity contribution in [3.63, 3.8) is 0 Å². The Morgan fingerprint density at radius 3 is 1.67 bits per heavy atom. The minimum Gasteiger partial charge on any atom is -0.336 e. The number of amides is 1. The molecular weight excluding hydrogens is 334 g/mol. The lowest BCUT2D eigenvalue weighted by atomic mass is 9.88. The second-order valence-corrected chi connectivity index (χ2v) is 9.64. The fraction of sp³-hybridized carbons (Fsp3) is 0.957. The highest BCUT2D eigenvalue weighted by molar-refractivity contribution is 5.79. The first kappa shape index (κ1) is 19.7. The minimum absolute atomic E-state index is 0.447. The second-order valence-electron chi connectivity index (χ2n) is 9.64. The predicted molar refractivity (Wildman–Crippen MR) is 111 cm³/mol. The molecule has 1 aliphatic heterocycles. The van der Waals surface area contributed by atoms with Gasteiger partial charge in [0.05, 0.1) is 6.54 Å². The van der Waals surface area contributed by atoms with Crippen LogP contribution in [0.2, 0.25) is 0 Å². The van der Waals surface area contributed by atoms with E-state index in [1.165, 1.54) is 103 Å². The molecule has 3 saturated carbocycles. The zero-order chi connectivity index (χ0) is 18.5. The van der Waals surface area contributed by atoms with Crippen molar-refractivity contribution in [3.05, 3.63) is 0 Å². The Labute approximate surface area is 166 Å². The molecule has 4 fully saturated rings. The van der Waals surface area contributed by atoms with Crippen molar-refractivity contribution in [2.45, 2.75) is 108 Å². The van der Waals surface area contributed by atoms with E-state index >= 15 is 0 Å². The van der Waals surface area contributed by atoms with Gasteiger partial charge in [0.15, 0.2) is 0 Å². The van der Waals surface area contributed by atoms with Gasteiger partial charge in [-0.15, -0.1) is 0 Å². The molecule has 0 N–H and O–H groups in total. The standard InChI is InChI=1S/C23H41N3O/c27-23(19-24-15-17-25(18-16-24)20-9-7-8-10-20)26(21-11-3-1-4-12-21)22-13-5-2-6-14-22/h20-22H,1-19H2. The maximum absolute atomic E-state index is 13.4. The summed E-state index contributed by atoms with van der Waals surface area (Å²) in [5.41, 5.74) is 0. The van der Waals surface area contributed by atoms with Crippen LogP contribution < -0.4 is 0 Å². The van der Waals surface area contributed by atoms with Crippen molar-refractivity contribution < 1.29 is 4.79 Å². The lowest BCUT2D eigenvalue weighted by Gasteiger charge is -2.43. The highest BCUT2D eigenvalue weighted by atomic mass is 16.2. The van der Waals surface area contributed by atoms with Gasteiger partial charge < -0.3 is 4.90 Å². The van der Waals surface area contributed by atoms with E-state index in [1.807, 2.05) is 0 Å². The van der Waals surface area contributed by atoms with Crippen molar-refractivity contribution >= 4 is 5.91 Å². The molecule has 3 aliphatic carbocycles. The van der Waals surface area contributed by atoms with Crippen molar-refractivity contribution in [1.29, 1.82) is 0 Å². The molecule has 4 nitrogen and oxygen atoms in total. The van der Waals surface area contributed by atoms with E-state index in [0.29, 0.717) is 24.5 Å². The summed E-state index contributed by atoms with van der Waals surface area (Å²) < 4.78 is 0. The fourth-order valence-electron chi connectivity index (χ4n) is 6.25. The summed E-state index contributed by atoms with van der Waals surface area (Å²) in [4.78, 5) is 21.0. The predicted octanol–water partition coefficient (Wildman–Crippen LogP) is 4.04. The summed E-state index contributed by atoms with van der Waals surface area (Å²) in [7, 11) is 0. The number of carbonyl (C=O) groups is 1.